The van der Waals surface area contributed by atoms with Crippen molar-refractivity contribution < 1.29 is 9.59 Å². The molecule has 1 aliphatic rings. The molecule has 1 fully saturated rings. The molecule has 2 heterocycles. The molecule has 2 aromatic carbocycles. The third-order valence-corrected chi connectivity index (χ3v) is 5.98. The summed E-state index contributed by atoms with van der Waals surface area (Å²) in [6.07, 6.45) is 0. The summed E-state index contributed by atoms with van der Waals surface area (Å²) < 4.78 is 1.92. The highest BCUT2D eigenvalue weighted by atomic mass is 16.2. The quantitative estimate of drug-likeness (QED) is 0.595. The maximum absolute atomic E-state index is 13.3. The number of nitrogens with zero attached hydrogens (tertiary/aromatic N) is 4. The molecule has 0 unspecified atom stereocenters. The second-order valence-corrected chi connectivity index (χ2v) is 8.07. The first-order chi connectivity index (χ1) is 14.9. The zero-order valence-electron chi connectivity index (χ0n) is 18.3. The number of Topliss-reactive ketones (excluding diaryl/α,β-unsaturated/α-hetero) is 1. The highest BCUT2D eigenvalue weighted by molar-refractivity contribution is 5.96. The lowest BCUT2D eigenvalue weighted by Gasteiger charge is -2.36. The van der Waals surface area contributed by atoms with E-state index in [1.807, 2.05) is 65.9 Å². The molecule has 0 N–H and O–H groups in total. The number of hydrogen-bond donors (Lipinski definition) is 0. The minimum Gasteiger partial charge on any atom is -0.368 e. The number of aryl methyl sites for hydroxylation is 1. The van der Waals surface area contributed by atoms with E-state index in [0.29, 0.717) is 19.6 Å². The summed E-state index contributed by atoms with van der Waals surface area (Å²) in [5.74, 6) is 0.126. The summed E-state index contributed by atoms with van der Waals surface area (Å²) in [6, 6.07) is 17.9. The van der Waals surface area contributed by atoms with Crippen LogP contribution in [0, 0.1) is 13.8 Å². The van der Waals surface area contributed by atoms with Crippen LogP contribution in [0.4, 0.5) is 5.69 Å². The van der Waals surface area contributed by atoms with Crippen LogP contribution in [0.15, 0.2) is 54.6 Å². The van der Waals surface area contributed by atoms with Crippen LogP contribution < -0.4 is 4.90 Å². The van der Waals surface area contributed by atoms with E-state index in [9.17, 15) is 9.59 Å². The number of amides is 1. The smallest absolute Gasteiger partial charge is 0.257 e. The predicted molar refractivity (Wildman–Crippen MR) is 122 cm³/mol. The average Bonchev–Trinajstić information content (AvgIpc) is 3.07. The third kappa shape index (κ3) is 4.38. The van der Waals surface area contributed by atoms with Gasteiger partial charge in [-0.05, 0) is 50.6 Å². The molecule has 6 nitrogen and oxygen atoms in total. The molecule has 1 amide bonds. The van der Waals surface area contributed by atoms with Gasteiger partial charge in [-0.1, -0.05) is 30.3 Å². The largest absolute Gasteiger partial charge is 0.368 e. The first kappa shape index (κ1) is 20.8. The van der Waals surface area contributed by atoms with Gasteiger partial charge < -0.3 is 9.80 Å². The van der Waals surface area contributed by atoms with Gasteiger partial charge in [0.15, 0.2) is 5.78 Å². The summed E-state index contributed by atoms with van der Waals surface area (Å²) in [5.41, 5.74) is 5.37. The number of carbonyl (C=O) groups excluding carboxylic acids is 2. The topological polar surface area (TPSA) is 58.4 Å². The summed E-state index contributed by atoms with van der Waals surface area (Å²) in [7, 11) is 0. The van der Waals surface area contributed by atoms with Gasteiger partial charge in [-0.3, -0.25) is 14.3 Å². The maximum atomic E-state index is 13.3. The van der Waals surface area contributed by atoms with Gasteiger partial charge in [0, 0.05) is 43.1 Å². The van der Waals surface area contributed by atoms with Gasteiger partial charge in [0.05, 0.1) is 17.8 Å². The molecule has 1 saturated heterocycles. The Labute approximate surface area is 183 Å². The van der Waals surface area contributed by atoms with Gasteiger partial charge in [-0.15, -0.1) is 0 Å². The van der Waals surface area contributed by atoms with Crippen molar-refractivity contribution in [2.45, 2.75) is 27.3 Å². The van der Waals surface area contributed by atoms with E-state index in [1.165, 1.54) is 0 Å². The molecule has 0 saturated carbocycles. The predicted octanol–water partition coefficient (Wildman–Crippen LogP) is 3.71. The van der Waals surface area contributed by atoms with E-state index in [4.69, 9.17) is 0 Å². The van der Waals surface area contributed by atoms with Crippen LogP contribution in [0.1, 0.15) is 44.6 Å². The molecule has 4 rings (SSSR count). The van der Waals surface area contributed by atoms with Crippen LogP contribution in [0.5, 0.6) is 0 Å². The highest BCUT2D eigenvalue weighted by Crippen LogP contribution is 2.21. The molecule has 0 bridgehead atoms. The fourth-order valence-corrected chi connectivity index (χ4v) is 4.15. The molecule has 31 heavy (non-hydrogen) atoms. The van der Waals surface area contributed by atoms with Crippen molar-refractivity contribution in [3.05, 3.63) is 82.7 Å². The number of aromatic nitrogens is 2. The lowest BCUT2D eigenvalue weighted by molar-refractivity contribution is 0.0745. The van der Waals surface area contributed by atoms with Crippen LogP contribution >= 0.6 is 0 Å². The zero-order chi connectivity index (χ0) is 22.0. The number of anilines is 1. The average molecular weight is 417 g/mol. The molecule has 6 heteroatoms. The van der Waals surface area contributed by atoms with Crippen molar-refractivity contribution >= 4 is 17.4 Å². The van der Waals surface area contributed by atoms with Gasteiger partial charge in [0.2, 0.25) is 0 Å². The Morgan fingerprint density at radius 1 is 0.903 bits per heavy atom. The molecule has 3 aromatic rings. The number of carbonyl (C=O) groups is 2. The lowest BCUT2D eigenvalue weighted by atomic mass is 10.1. The van der Waals surface area contributed by atoms with Gasteiger partial charge >= 0.3 is 0 Å². The van der Waals surface area contributed by atoms with Crippen LogP contribution in [0.2, 0.25) is 0 Å². The van der Waals surface area contributed by atoms with Crippen LogP contribution in [0.25, 0.3) is 0 Å². The molecule has 160 valence electrons. The van der Waals surface area contributed by atoms with Crippen molar-refractivity contribution in [1.82, 2.24) is 14.7 Å². The second-order valence-electron chi connectivity index (χ2n) is 8.07. The Balaban J connectivity index is 1.43. The van der Waals surface area contributed by atoms with Gasteiger partial charge in [-0.25, -0.2) is 0 Å². The van der Waals surface area contributed by atoms with Gasteiger partial charge in [-0.2, -0.15) is 5.10 Å². The van der Waals surface area contributed by atoms with E-state index in [0.717, 1.165) is 46.9 Å². The SMILES string of the molecule is CC(=O)c1ccc(N2CCN(C(=O)c3c(C)nn(Cc4ccccc4)c3C)CC2)cc1. The second kappa shape index (κ2) is 8.76. The molecule has 0 atom stereocenters. The Kier molecular flexibility index (Phi) is 5.89. The highest BCUT2D eigenvalue weighted by Gasteiger charge is 2.27. The Hall–Kier alpha value is -3.41. The Morgan fingerprint density at radius 2 is 1.55 bits per heavy atom. The van der Waals surface area contributed by atoms with Crippen LogP contribution in [-0.2, 0) is 6.54 Å². The van der Waals surface area contributed by atoms with Crippen molar-refractivity contribution in [2.24, 2.45) is 0 Å². The summed E-state index contributed by atoms with van der Waals surface area (Å²) >= 11 is 0. The number of piperazine rings is 1. The minimum atomic E-state index is 0.0564. The Morgan fingerprint density at radius 3 is 2.16 bits per heavy atom. The molecule has 0 spiro atoms. The molecular formula is C25H28N4O2. The van der Waals surface area contributed by atoms with Gasteiger partial charge in [0.25, 0.3) is 5.91 Å². The fraction of sp³-hybridized carbons (Fsp3) is 0.320. The summed E-state index contributed by atoms with van der Waals surface area (Å²) in [5, 5.41) is 4.64. The number of hydrogen-bond acceptors (Lipinski definition) is 4. The van der Waals surface area contributed by atoms with E-state index in [1.54, 1.807) is 6.92 Å². The third-order valence-electron chi connectivity index (χ3n) is 5.98. The standard InChI is InChI=1S/C25H28N4O2/c1-18-24(19(2)29(26-18)17-21-7-5-4-6-8-21)25(31)28-15-13-27(14-16-28)23-11-9-22(10-12-23)20(3)30/h4-12H,13-17H2,1-3H3. The first-order valence-electron chi connectivity index (χ1n) is 10.7. The van der Waals surface area contributed by atoms with E-state index < -0.39 is 0 Å². The fourth-order valence-electron chi connectivity index (χ4n) is 4.15. The number of benzene rings is 2. The van der Waals surface area contributed by atoms with E-state index in [-0.39, 0.29) is 11.7 Å². The number of rotatable bonds is 5. The van der Waals surface area contributed by atoms with Gasteiger partial charge in [0.1, 0.15) is 0 Å². The first-order valence-corrected chi connectivity index (χ1v) is 10.7. The zero-order valence-corrected chi connectivity index (χ0v) is 18.3. The normalized spacial score (nSPS) is 14.0. The molecule has 1 aliphatic heterocycles. The molecular weight excluding hydrogens is 388 g/mol. The van der Waals surface area contributed by atoms with Crippen molar-refractivity contribution in [3.63, 3.8) is 0 Å². The molecule has 0 aliphatic carbocycles. The maximum Gasteiger partial charge on any atom is 0.257 e. The van der Waals surface area contributed by atoms with Crippen molar-refractivity contribution in [1.29, 1.82) is 0 Å². The summed E-state index contributed by atoms with van der Waals surface area (Å²) in [4.78, 5) is 28.9. The number of ketones is 1. The van der Waals surface area contributed by atoms with Crippen molar-refractivity contribution in [2.75, 3.05) is 31.1 Å². The lowest BCUT2D eigenvalue weighted by Crippen LogP contribution is -2.49. The Bertz CT molecular complexity index is 1080. The monoisotopic (exact) mass is 416 g/mol. The van der Waals surface area contributed by atoms with Crippen LogP contribution in [0.3, 0.4) is 0 Å². The minimum absolute atomic E-state index is 0.0564. The van der Waals surface area contributed by atoms with Crippen molar-refractivity contribution in [3.8, 4) is 0 Å². The molecule has 0 radical (unpaired) electrons. The van der Waals surface area contributed by atoms with Crippen LogP contribution in [-0.4, -0.2) is 52.5 Å². The van der Waals surface area contributed by atoms with E-state index in [2.05, 4.69) is 22.1 Å². The van der Waals surface area contributed by atoms with E-state index >= 15 is 0 Å². The molecule has 1 aromatic heterocycles. The summed E-state index contributed by atoms with van der Waals surface area (Å²) in [6.45, 7) is 8.97.